The van der Waals surface area contributed by atoms with E-state index >= 15 is 0 Å². The number of ether oxygens (including phenoxy) is 1. The van der Waals surface area contributed by atoms with Crippen molar-refractivity contribution in [1.82, 2.24) is 19.7 Å². The van der Waals surface area contributed by atoms with Crippen LogP contribution in [0.3, 0.4) is 0 Å². The maximum atomic E-state index is 5.56. The molecular formula is C29H30N8O. The molecule has 0 atom stereocenters. The summed E-state index contributed by atoms with van der Waals surface area (Å²) in [7, 11) is 1.98. The molecule has 2 aromatic heterocycles. The predicted molar refractivity (Wildman–Crippen MR) is 151 cm³/mol. The molecule has 2 fully saturated rings. The molecule has 0 spiro atoms. The van der Waals surface area contributed by atoms with E-state index in [0.717, 1.165) is 70.1 Å². The van der Waals surface area contributed by atoms with E-state index in [1.807, 2.05) is 24.7 Å². The van der Waals surface area contributed by atoms with Gasteiger partial charge in [0.15, 0.2) is 0 Å². The van der Waals surface area contributed by atoms with Crippen LogP contribution in [0.25, 0.3) is 22.2 Å². The summed E-state index contributed by atoms with van der Waals surface area (Å²) in [4.78, 5) is 12.0. The molecule has 0 unspecified atom stereocenters. The molecule has 9 heteroatoms. The van der Waals surface area contributed by atoms with Crippen molar-refractivity contribution in [2.75, 3.05) is 36.5 Å². The molecular weight excluding hydrogens is 476 g/mol. The highest BCUT2D eigenvalue weighted by Crippen LogP contribution is 2.34. The molecule has 2 aliphatic heterocycles. The minimum absolute atomic E-state index is 0.660. The third kappa shape index (κ3) is 4.43. The van der Waals surface area contributed by atoms with Crippen molar-refractivity contribution in [3.8, 4) is 11.3 Å². The fraction of sp³-hybridized carbons (Fsp3) is 0.345. The van der Waals surface area contributed by atoms with Crippen molar-refractivity contribution in [2.45, 2.75) is 26.2 Å². The number of benzene rings is 2. The normalized spacial score (nSPS) is 17.6. The van der Waals surface area contributed by atoms with Crippen LogP contribution >= 0.6 is 0 Å². The number of aryl methyl sites for hydroxylation is 2. The van der Waals surface area contributed by atoms with Crippen molar-refractivity contribution >= 4 is 39.8 Å². The lowest BCUT2D eigenvalue weighted by molar-refractivity contribution is 0.122. The lowest BCUT2D eigenvalue weighted by Crippen LogP contribution is -2.37. The average Bonchev–Trinajstić information content (AvgIpc) is 3.62. The maximum Gasteiger partial charge on any atom is 0.228 e. The lowest BCUT2D eigenvalue weighted by Gasteiger charge is -2.27. The highest BCUT2D eigenvalue weighted by atomic mass is 16.5. The Bertz CT molecular complexity index is 1580. The molecule has 4 aromatic rings. The SMILES string of the molecule is Cc1nn(C)c2cc(-c3cc(Nc4ccc(C5=NN=C(C6CC6)C5)cc4)nc(N4CCOCC4)n3)ccc12. The fourth-order valence-electron chi connectivity index (χ4n) is 5.21. The van der Waals surface area contributed by atoms with Crippen molar-refractivity contribution in [3.63, 3.8) is 0 Å². The molecule has 0 bridgehead atoms. The average molecular weight is 507 g/mol. The zero-order chi connectivity index (χ0) is 25.6. The van der Waals surface area contributed by atoms with Gasteiger partial charge in [-0.05, 0) is 49.4 Å². The number of fused-ring (bicyclic) bond motifs is 1. The van der Waals surface area contributed by atoms with E-state index in [2.05, 4.69) is 68.0 Å². The van der Waals surface area contributed by atoms with Gasteiger partial charge in [0.25, 0.3) is 0 Å². The van der Waals surface area contributed by atoms with Gasteiger partial charge in [-0.3, -0.25) is 4.68 Å². The van der Waals surface area contributed by atoms with Crippen molar-refractivity contribution < 1.29 is 4.74 Å². The summed E-state index contributed by atoms with van der Waals surface area (Å²) >= 11 is 0. The second kappa shape index (κ2) is 9.33. The second-order valence-corrected chi connectivity index (χ2v) is 10.3. The van der Waals surface area contributed by atoms with Crippen molar-refractivity contribution in [3.05, 3.63) is 59.8 Å². The topological polar surface area (TPSA) is 92.8 Å². The molecule has 0 radical (unpaired) electrons. The fourth-order valence-corrected chi connectivity index (χ4v) is 5.21. The van der Waals surface area contributed by atoms with E-state index in [9.17, 15) is 0 Å². The van der Waals surface area contributed by atoms with Crippen LogP contribution in [0.1, 0.15) is 30.5 Å². The number of aromatic nitrogens is 4. The molecule has 3 aliphatic rings. The zero-order valence-electron chi connectivity index (χ0n) is 21.7. The zero-order valence-corrected chi connectivity index (χ0v) is 21.7. The Hall–Kier alpha value is -4.11. The molecule has 2 aromatic carbocycles. The van der Waals surface area contributed by atoms with E-state index in [4.69, 9.17) is 14.7 Å². The van der Waals surface area contributed by atoms with Gasteiger partial charge in [0.2, 0.25) is 5.95 Å². The standard InChI is InChI=1S/C29H30N8O/c1-18-23-10-7-21(15-27(23)36(2)35-18)24-17-28(32-29(31-24)37-11-13-38-14-12-37)30-22-8-5-20(6-9-22)26-16-25(33-34-26)19-3-4-19/h5-10,15,17,19H,3-4,11-14,16H2,1-2H3,(H,30,31,32). The summed E-state index contributed by atoms with van der Waals surface area (Å²) < 4.78 is 7.48. The molecule has 0 amide bonds. The number of hydrogen-bond donors (Lipinski definition) is 1. The monoisotopic (exact) mass is 506 g/mol. The first-order valence-electron chi connectivity index (χ1n) is 13.3. The largest absolute Gasteiger partial charge is 0.378 e. The van der Waals surface area contributed by atoms with Crippen LogP contribution in [0, 0.1) is 12.8 Å². The van der Waals surface area contributed by atoms with Crippen LogP contribution in [0.4, 0.5) is 17.5 Å². The van der Waals surface area contributed by atoms with Crippen LogP contribution in [0.15, 0.2) is 58.7 Å². The van der Waals surface area contributed by atoms with Gasteiger partial charge in [0.1, 0.15) is 5.82 Å². The Morgan fingerprint density at radius 1 is 0.921 bits per heavy atom. The van der Waals surface area contributed by atoms with Crippen LogP contribution in [0.2, 0.25) is 0 Å². The van der Waals surface area contributed by atoms with E-state index in [-0.39, 0.29) is 0 Å². The van der Waals surface area contributed by atoms with Gasteiger partial charge in [0, 0.05) is 55.0 Å². The first-order valence-corrected chi connectivity index (χ1v) is 13.3. The minimum atomic E-state index is 0.660. The number of nitrogens with one attached hydrogen (secondary N) is 1. The Balaban J connectivity index is 1.18. The van der Waals surface area contributed by atoms with Gasteiger partial charge in [-0.2, -0.15) is 20.3 Å². The third-order valence-corrected chi connectivity index (χ3v) is 7.53. The Labute approximate surface area is 221 Å². The summed E-state index contributed by atoms with van der Waals surface area (Å²) in [5, 5.41) is 18.1. The molecule has 4 heterocycles. The van der Waals surface area contributed by atoms with E-state index in [0.29, 0.717) is 25.1 Å². The summed E-state index contributed by atoms with van der Waals surface area (Å²) in [6.45, 7) is 4.92. The van der Waals surface area contributed by atoms with Crippen LogP contribution in [-0.4, -0.2) is 57.5 Å². The summed E-state index contributed by atoms with van der Waals surface area (Å²) in [6, 6.07) is 16.8. The van der Waals surface area contributed by atoms with Crippen molar-refractivity contribution in [2.24, 2.45) is 23.2 Å². The second-order valence-electron chi connectivity index (χ2n) is 10.3. The number of anilines is 3. The van der Waals surface area contributed by atoms with Gasteiger partial charge in [0.05, 0.1) is 35.8 Å². The Kier molecular flexibility index (Phi) is 5.65. The minimum Gasteiger partial charge on any atom is -0.378 e. The van der Waals surface area contributed by atoms with Gasteiger partial charge in [-0.15, -0.1) is 0 Å². The molecule has 1 aliphatic carbocycles. The smallest absolute Gasteiger partial charge is 0.228 e. The van der Waals surface area contributed by atoms with Crippen LogP contribution < -0.4 is 10.2 Å². The Morgan fingerprint density at radius 2 is 1.71 bits per heavy atom. The van der Waals surface area contributed by atoms with E-state index in [1.54, 1.807) is 0 Å². The van der Waals surface area contributed by atoms with Gasteiger partial charge in [-0.1, -0.05) is 24.3 Å². The number of morpholine rings is 1. The molecule has 192 valence electrons. The molecule has 1 N–H and O–H groups in total. The quantitative estimate of drug-likeness (QED) is 0.401. The van der Waals surface area contributed by atoms with E-state index < -0.39 is 0 Å². The summed E-state index contributed by atoms with van der Waals surface area (Å²) in [5.41, 5.74) is 8.38. The maximum absolute atomic E-state index is 5.56. The summed E-state index contributed by atoms with van der Waals surface area (Å²) in [5.74, 6) is 2.12. The molecule has 1 saturated heterocycles. The first-order chi connectivity index (χ1) is 18.6. The van der Waals surface area contributed by atoms with Gasteiger partial charge >= 0.3 is 0 Å². The highest BCUT2D eigenvalue weighted by molar-refractivity contribution is 6.16. The Morgan fingerprint density at radius 3 is 2.50 bits per heavy atom. The molecule has 1 saturated carbocycles. The molecule has 7 rings (SSSR count). The summed E-state index contributed by atoms with van der Waals surface area (Å²) in [6.07, 6.45) is 3.39. The van der Waals surface area contributed by atoms with Gasteiger partial charge in [-0.25, -0.2) is 4.98 Å². The van der Waals surface area contributed by atoms with E-state index in [1.165, 1.54) is 18.6 Å². The predicted octanol–water partition coefficient (Wildman–Crippen LogP) is 4.88. The van der Waals surface area contributed by atoms with Crippen LogP contribution in [0.5, 0.6) is 0 Å². The molecule has 9 nitrogen and oxygen atoms in total. The lowest BCUT2D eigenvalue weighted by atomic mass is 10.0. The van der Waals surface area contributed by atoms with Crippen LogP contribution in [-0.2, 0) is 11.8 Å². The third-order valence-electron chi connectivity index (χ3n) is 7.53. The number of rotatable bonds is 6. The first kappa shape index (κ1) is 23.0. The van der Waals surface area contributed by atoms with Crippen molar-refractivity contribution in [1.29, 1.82) is 0 Å². The molecule has 38 heavy (non-hydrogen) atoms. The van der Waals surface area contributed by atoms with Gasteiger partial charge < -0.3 is 15.0 Å². The number of hydrogen-bond acceptors (Lipinski definition) is 8. The highest BCUT2D eigenvalue weighted by Gasteiger charge is 2.30. The number of nitrogens with zero attached hydrogens (tertiary/aromatic N) is 7.